The molecular formula is C17H26N2O3. The summed E-state index contributed by atoms with van der Waals surface area (Å²) in [5.41, 5.74) is 1.12. The minimum absolute atomic E-state index is 0.0727. The van der Waals surface area contributed by atoms with Gasteiger partial charge in [0.25, 0.3) is 0 Å². The zero-order chi connectivity index (χ0) is 15.6. The highest BCUT2D eigenvalue weighted by Gasteiger charge is 2.20. The number of amides is 1. The third-order valence-corrected chi connectivity index (χ3v) is 3.89. The molecule has 1 heterocycles. The number of rotatable bonds is 8. The molecule has 1 aromatic carbocycles. The number of hydrogen-bond acceptors (Lipinski definition) is 4. The van der Waals surface area contributed by atoms with E-state index in [2.05, 4.69) is 10.2 Å². The summed E-state index contributed by atoms with van der Waals surface area (Å²) in [4.78, 5) is 14.1. The smallest absolute Gasteiger partial charge is 0.234 e. The Morgan fingerprint density at radius 2 is 2.00 bits per heavy atom. The maximum absolute atomic E-state index is 12.0. The molecule has 1 aliphatic heterocycles. The lowest BCUT2D eigenvalue weighted by atomic mass is 10.1. The summed E-state index contributed by atoms with van der Waals surface area (Å²) >= 11 is 0. The molecule has 1 fully saturated rings. The van der Waals surface area contributed by atoms with Crippen molar-refractivity contribution >= 4 is 5.91 Å². The molecule has 0 saturated carbocycles. The van der Waals surface area contributed by atoms with Gasteiger partial charge in [0, 0.05) is 32.8 Å². The lowest BCUT2D eigenvalue weighted by Gasteiger charge is -2.31. The van der Waals surface area contributed by atoms with E-state index < -0.39 is 0 Å². The summed E-state index contributed by atoms with van der Waals surface area (Å²) in [6.07, 6.45) is 2.88. The highest BCUT2D eigenvalue weighted by Crippen LogP contribution is 2.13. The molecule has 1 aromatic rings. The van der Waals surface area contributed by atoms with E-state index in [4.69, 9.17) is 9.84 Å². The molecule has 0 spiro atoms. The SMILES string of the molecule is O=C(CN1CCC(OCCCO)CC1)NCc1ccccc1. The number of aliphatic hydroxyl groups is 1. The van der Waals surface area contributed by atoms with E-state index in [1.165, 1.54) is 0 Å². The maximum atomic E-state index is 12.0. The predicted octanol–water partition coefficient (Wildman–Crippen LogP) is 1.17. The second kappa shape index (κ2) is 9.56. The van der Waals surface area contributed by atoms with Gasteiger partial charge in [0.2, 0.25) is 5.91 Å². The van der Waals surface area contributed by atoms with Gasteiger partial charge in [-0.05, 0) is 24.8 Å². The van der Waals surface area contributed by atoms with E-state index in [0.717, 1.165) is 31.5 Å². The number of nitrogens with zero attached hydrogens (tertiary/aromatic N) is 1. The van der Waals surface area contributed by atoms with E-state index in [1.807, 2.05) is 30.3 Å². The number of ether oxygens (including phenoxy) is 1. The Hall–Kier alpha value is -1.43. The fourth-order valence-electron chi connectivity index (χ4n) is 2.60. The molecule has 1 amide bonds. The van der Waals surface area contributed by atoms with Gasteiger partial charge in [-0.25, -0.2) is 0 Å². The first kappa shape index (κ1) is 16.9. The molecule has 1 aliphatic rings. The lowest BCUT2D eigenvalue weighted by molar-refractivity contribution is -0.123. The third kappa shape index (κ3) is 6.13. The molecule has 2 N–H and O–H groups in total. The monoisotopic (exact) mass is 306 g/mol. The molecular weight excluding hydrogens is 280 g/mol. The van der Waals surface area contributed by atoms with Crippen LogP contribution >= 0.6 is 0 Å². The molecule has 0 aromatic heterocycles. The van der Waals surface area contributed by atoms with Crippen LogP contribution in [0.15, 0.2) is 30.3 Å². The molecule has 5 nitrogen and oxygen atoms in total. The predicted molar refractivity (Wildman–Crippen MR) is 85.4 cm³/mol. The fraction of sp³-hybridized carbons (Fsp3) is 0.588. The van der Waals surface area contributed by atoms with Crippen molar-refractivity contribution in [3.8, 4) is 0 Å². The van der Waals surface area contributed by atoms with Crippen LogP contribution in [0.3, 0.4) is 0 Å². The van der Waals surface area contributed by atoms with Gasteiger partial charge in [-0.15, -0.1) is 0 Å². The number of hydrogen-bond donors (Lipinski definition) is 2. The van der Waals surface area contributed by atoms with Crippen LogP contribution in [-0.4, -0.2) is 54.9 Å². The zero-order valence-electron chi connectivity index (χ0n) is 13.0. The van der Waals surface area contributed by atoms with Crippen molar-refractivity contribution in [1.29, 1.82) is 0 Å². The fourth-order valence-corrected chi connectivity index (χ4v) is 2.60. The van der Waals surface area contributed by atoms with Crippen LogP contribution in [0, 0.1) is 0 Å². The molecule has 0 atom stereocenters. The number of piperidine rings is 1. The highest BCUT2D eigenvalue weighted by molar-refractivity contribution is 5.78. The van der Waals surface area contributed by atoms with Crippen LogP contribution in [0.1, 0.15) is 24.8 Å². The van der Waals surface area contributed by atoms with Crippen LogP contribution in [0.2, 0.25) is 0 Å². The van der Waals surface area contributed by atoms with Crippen molar-refractivity contribution in [3.05, 3.63) is 35.9 Å². The number of benzene rings is 1. The molecule has 0 radical (unpaired) electrons. The van der Waals surface area contributed by atoms with Crippen LogP contribution in [-0.2, 0) is 16.1 Å². The number of nitrogens with one attached hydrogen (secondary N) is 1. The third-order valence-electron chi connectivity index (χ3n) is 3.89. The van der Waals surface area contributed by atoms with Gasteiger partial charge in [0.05, 0.1) is 12.6 Å². The topological polar surface area (TPSA) is 61.8 Å². The quantitative estimate of drug-likeness (QED) is 0.708. The summed E-state index contributed by atoms with van der Waals surface area (Å²) in [5.74, 6) is 0.0727. The van der Waals surface area contributed by atoms with E-state index in [1.54, 1.807) is 0 Å². The minimum atomic E-state index is 0.0727. The molecule has 0 unspecified atom stereocenters. The van der Waals surface area contributed by atoms with Crippen molar-refractivity contribution in [2.24, 2.45) is 0 Å². The number of aliphatic hydroxyl groups excluding tert-OH is 1. The molecule has 2 rings (SSSR count). The van der Waals surface area contributed by atoms with Gasteiger partial charge in [-0.1, -0.05) is 30.3 Å². The van der Waals surface area contributed by atoms with E-state index in [9.17, 15) is 4.79 Å². The zero-order valence-corrected chi connectivity index (χ0v) is 13.0. The standard InChI is InChI=1S/C17H26N2O3/c20-11-4-12-22-16-7-9-19(10-8-16)14-17(21)18-13-15-5-2-1-3-6-15/h1-3,5-6,16,20H,4,7-14H2,(H,18,21). The molecule has 0 bridgehead atoms. The molecule has 1 saturated heterocycles. The van der Waals surface area contributed by atoms with Crippen LogP contribution in [0.25, 0.3) is 0 Å². The molecule has 5 heteroatoms. The Labute approximate surface area is 132 Å². The summed E-state index contributed by atoms with van der Waals surface area (Å²) < 4.78 is 5.69. The van der Waals surface area contributed by atoms with Crippen molar-refractivity contribution in [2.45, 2.75) is 31.9 Å². The summed E-state index contributed by atoms with van der Waals surface area (Å²) in [6, 6.07) is 9.94. The first-order valence-electron chi connectivity index (χ1n) is 8.03. The maximum Gasteiger partial charge on any atom is 0.234 e. The first-order chi connectivity index (χ1) is 10.8. The average molecular weight is 306 g/mol. The number of likely N-dealkylation sites (tertiary alicyclic amines) is 1. The normalized spacial score (nSPS) is 16.6. The van der Waals surface area contributed by atoms with Gasteiger partial charge in [-0.2, -0.15) is 0 Å². The first-order valence-corrected chi connectivity index (χ1v) is 8.03. The second-order valence-electron chi connectivity index (χ2n) is 5.69. The van der Waals surface area contributed by atoms with Gasteiger partial charge >= 0.3 is 0 Å². The van der Waals surface area contributed by atoms with E-state index in [0.29, 0.717) is 26.1 Å². The average Bonchev–Trinajstić information content (AvgIpc) is 2.56. The Balaban J connectivity index is 1.60. The Bertz CT molecular complexity index is 431. The lowest BCUT2D eigenvalue weighted by Crippen LogP contribution is -2.43. The van der Waals surface area contributed by atoms with Crippen molar-refractivity contribution in [1.82, 2.24) is 10.2 Å². The van der Waals surface area contributed by atoms with E-state index >= 15 is 0 Å². The van der Waals surface area contributed by atoms with Crippen molar-refractivity contribution < 1.29 is 14.6 Å². The molecule has 122 valence electrons. The summed E-state index contributed by atoms with van der Waals surface area (Å²) in [6.45, 7) is 3.63. The van der Waals surface area contributed by atoms with Gasteiger partial charge in [0.15, 0.2) is 0 Å². The largest absolute Gasteiger partial charge is 0.396 e. The Kier molecular flexibility index (Phi) is 7.36. The molecule has 22 heavy (non-hydrogen) atoms. The van der Waals surface area contributed by atoms with Crippen LogP contribution < -0.4 is 5.32 Å². The summed E-state index contributed by atoms with van der Waals surface area (Å²) in [7, 11) is 0. The van der Waals surface area contributed by atoms with Gasteiger partial charge < -0.3 is 15.2 Å². The van der Waals surface area contributed by atoms with Crippen LogP contribution in [0.5, 0.6) is 0 Å². The minimum Gasteiger partial charge on any atom is -0.396 e. The molecule has 0 aliphatic carbocycles. The van der Waals surface area contributed by atoms with Gasteiger partial charge in [-0.3, -0.25) is 9.69 Å². The van der Waals surface area contributed by atoms with Crippen molar-refractivity contribution in [3.63, 3.8) is 0 Å². The Morgan fingerprint density at radius 1 is 1.27 bits per heavy atom. The van der Waals surface area contributed by atoms with E-state index in [-0.39, 0.29) is 18.6 Å². The number of carbonyl (C=O) groups excluding carboxylic acids is 1. The summed E-state index contributed by atoms with van der Waals surface area (Å²) in [5, 5.41) is 11.7. The highest BCUT2D eigenvalue weighted by atomic mass is 16.5. The second-order valence-corrected chi connectivity index (χ2v) is 5.69. The van der Waals surface area contributed by atoms with Crippen molar-refractivity contribution in [2.75, 3.05) is 32.8 Å². The van der Waals surface area contributed by atoms with Crippen LogP contribution in [0.4, 0.5) is 0 Å². The van der Waals surface area contributed by atoms with Gasteiger partial charge in [0.1, 0.15) is 0 Å². The Morgan fingerprint density at radius 3 is 2.68 bits per heavy atom. The number of carbonyl (C=O) groups is 1.